The highest BCUT2D eigenvalue weighted by molar-refractivity contribution is 6.01. The highest BCUT2D eigenvalue weighted by Gasteiger charge is 2.44. The number of ether oxygens (including phenoxy) is 1. The Bertz CT molecular complexity index is 725. The van der Waals surface area contributed by atoms with Gasteiger partial charge in [-0.15, -0.1) is 0 Å². The number of Topliss-reactive ketones (excluding diaryl/α,β-unsaturated/α-hetero) is 1. The molecule has 2 aliphatic heterocycles. The van der Waals surface area contributed by atoms with Crippen molar-refractivity contribution in [1.29, 1.82) is 0 Å². The van der Waals surface area contributed by atoms with Gasteiger partial charge in [0, 0.05) is 31.8 Å². The van der Waals surface area contributed by atoms with Gasteiger partial charge in [-0.2, -0.15) is 0 Å². The fraction of sp³-hybridized carbons (Fsp3) is 0.636. The highest BCUT2D eigenvalue weighted by atomic mass is 16.5. The van der Waals surface area contributed by atoms with Crippen molar-refractivity contribution >= 4 is 11.7 Å². The van der Waals surface area contributed by atoms with E-state index in [0.29, 0.717) is 25.4 Å². The number of ketones is 1. The van der Waals surface area contributed by atoms with Gasteiger partial charge < -0.3 is 9.64 Å². The Hall–Kier alpha value is -1.84. The molecule has 1 saturated heterocycles. The van der Waals surface area contributed by atoms with Crippen LogP contribution in [0.4, 0.5) is 0 Å². The summed E-state index contributed by atoms with van der Waals surface area (Å²) >= 11 is 0. The highest BCUT2D eigenvalue weighted by Crippen LogP contribution is 2.41. The Morgan fingerprint density at radius 3 is 2.50 bits per heavy atom. The van der Waals surface area contributed by atoms with Crippen LogP contribution in [0.5, 0.6) is 5.75 Å². The maximum absolute atomic E-state index is 12.8. The summed E-state index contributed by atoms with van der Waals surface area (Å²) in [7, 11) is 0. The number of hydrogen-bond acceptors (Lipinski definition) is 3. The number of fused-ring (bicyclic) bond motifs is 1. The molecule has 4 nitrogen and oxygen atoms in total. The van der Waals surface area contributed by atoms with Crippen LogP contribution in [0.25, 0.3) is 0 Å². The molecule has 2 fully saturated rings. The number of carbonyl (C=O) groups excluding carboxylic acids is 2. The summed E-state index contributed by atoms with van der Waals surface area (Å²) < 4.78 is 6.41. The van der Waals surface area contributed by atoms with E-state index in [-0.39, 0.29) is 11.7 Å². The van der Waals surface area contributed by atoms with E-state index in [1.165, 1.54) is 19.3 Å². The number of aryl methyl sites for hydroxylation is 2. The second-order valence-electron chi connectivity index (χ2n) is 8.50. The van der Waals surface area contributed by atoms with Crippen molar-refractivity contribution in [2.45, 2.75) is 70.8 Å². The summed E-state index contributed by atoms with van der Waals surface area (Å²) in [6, 6.07) is 4.03. The van der Waals surface area contributed by atoms with E-state index >= 15 is 0 Å². The number of benzene rings is 1. The van der Waals surface area contributed by atoms with Gasteiger partial charge in [-0.25, -0.2) is 0 Å². The largest absolute Gasteiger partial charge is 0.486 e. The predicted octanol–water partition coefficient (Wildman–Crippen LogP) is 4.21. The molecule has 2 heterocycles. The minimum atomic E-state index is -0.423. The number of amides is 1. The topological polar surface area (TPSA) is 46.6 Å². The lowest BCUT2D eigenvalue weighted by molar-refractivity contribution is -0.140. The first-order valence-corrected chi connectivity index (χ1v) is 10.1. The number of hydrogen-bond donors (Lipinski definition) is 0. The van der Waals surface area contributed by atoms with Crippen LogP contribution in [0.1, 0.15) is 72.9 Å². The number of piperidine rings is 1. The summed E-state index contributed by atoms with van der Waals surface area (Å²) in [6.45, 7) is 5.44. The lowest BCUT2D eigenvalue weighted by Gasteiger charge is -2.45. The maximum Gasteiger partial charge on any atom is 0.225 e. The average molecular weight is 355 g/mol. The van der Waals surface area contributed by atoms with Gasteiger partial charge in [-0.1, -0.05) is 25.3 Å². The van der Waals surface area contributed by atoms with Crippen molar-refractivity contribution in [2.75, 3.05) is 13.1 Å². The van der Waals surface area contributed by atoms with Gasteiger partial charge in [0.25, 0.3) is 0 Å². The molecule has 3 aliphatic rings. The lowest BCUT2D eigenvalue weighted by Crippen LogP contribution is -2.53. The minimum Gasteiger partial charge on any atom is -0.486 e. The molecule has 0 bridgehead atoms. The van der Waals surface area contributed by atoms with Crippen molar-refractivity contribution in [1.82, 2.24) is 4.90 Å². The second-order valence-corrected chi connectivity index (χ2v) is 8.50. The Morgan fingerprint density at radius 1 is 1.12 bits per heavy atom. The summed E-state index contributed by atoms with van der Waals surface area (Å²) in [5.41, 5.74) is 2.45. The van der Waals surface area contributed by atoms with Crippen molar-refractivity contribution < 1.29 is 14.3 Å². The molecule has 4 heteroatoms. The fourth-order valence-corrected chi connectivity index (χ4v) is 5.04. The summed E-state index contributed by atoms with van der Waals surface area (Å²) in [5, 5.41) is 0. The molecular formula is C22H29NO3. The molecule has 26 heavy (non-hydrogen) atoms. The molecule has 0 atom stereocenters. The molecule has 1 aromatic rings. The molecular weight excluding hydrogens is 326 g/mol. The van der Waals surface area contributed by atoms with Gasteiger partial charge in [0.2, 0.25) is 5.91 Å². The van der Waals surface area contributed by atoms with Crippen LogP contribution in [0.3, 0.4) is 0 Å². The summed E-state index contributed by atoms with van der Waals surface area (Å²) in [5.74, 6) is 1.48. The fourth-order valence-electron chi connectivity index (χ4n) is 5.04. The van der Waals surface area contributed by atoms with Crippen LogP contribution in [-0.4, -0.2) is 35.3 Å². The zero-order valence-corrected chi connectivity index (χ0v) is 16.0. The maximum atomic E-state index is 12.8. The van der Waals surface area contributed by atoms with Crippen molar-refractivity contribution in [3.8, 4) is 5.75 Å². The van der Waals surface area contributed by atoms with E-state index < -0.39 is 5.60 Å². The third kappa shape index (κ3) is 3.15. The predicted molar refractivity (Wildman–Crippen MR) is 101 cm³/mol. The van der Waals surface area contributed by atoms with Crippen LogP contribution < -0.4 is 4.74 Å². The van der Waals surface area contributed by atoms with E-state index in [1.807, 2.05) is 30.9 Å². The minimum absolute atomic E-state index is 0.191. The zero-order chi connectivity index (χ0) is 18.3. The number of rotatable bonds is 1. The molecule has 0 aromatic heterocycles. The SMILES string of the molecule is Cc1cc(C)c2c(c1)OC1(CCN(C(=O)C3CCCCC3)CC1)CC2=O. The number of nitrogens with zero attached hydrogens (tertiary/aromatic N) is 1. The van der Waals surface area contributed by atoms with E-state index in [2.05, 4.69) is 0 Å². The van der Waals surface area contributed by atoms with E-state index in [4.69, 9.17) is 4.74 Å². The number of likely N-dealkylation sites (tertiary alicyclic amines) is 1. The van der Waals surface area contributed by atoms with Gasteiger partial charge in [0.15, 0.2) is 5.78 Å². The molecule has 0 radical (unpaired) electrons. The average Bonchev–Trinajstić information content (AvgIpc) is 2.61. The van der Waals surface area contributed by atoms with Crippen molar-refractivity contribution in [3.05, 3.63) is 28.8 Å². The van der Waals surface area contributed by atoms with Crippen LogP contribution in [0, 0.1) is 19.8 Å². The van der Waals surface area contributed by atoms with Gasteiger partial charge in [0.1, 0.15) is 11.4 Å². The second kappa shape index (κ2) is 6.71. The molecule has 0 unspecified atom stereocenters. The Morgan fingerprint density at radius 2 is 1.81 bits per heavy atom. The summed E-state index contributed by atoms with van der Waals surface area (Å²) in [4.78, 5) is 27.6. The van der Waals surface area contributed by atoms with E-state index in [9.17, 15) is 9.59 Å². The molecule has 140 valence electrons. The standard InChI is InChI=1S/C22H29NO3/c1-15-12-16(2)20-18(24)14-22(26-19(20)13-15)8-10-23(11-9-22)21(25)17-6-4-3-5-7-17/h12-13,17H,3-11,14H2,1-2H3. The van der Waals surface area contributed by atoms with Crippen LogP contribution in [0.15, 0.2) is 12.1 Å². The van der Waals surface area contributed by atoms with Gasteiger partial charge in [-0.3, -0.25) is 9.59 Å². The Kier molecular flexibility index (Phi) is 4.54. The third-order valence-electron chi connectivity index (χ3n) is 6.47. The third-order valence-corrected chi connectivity index (χ3v) is 6.47. The van der Waals surface area contributed by atoms with Gasteiger partial charge >= 0.3 is 0 Å². The molecule has 4 rings (SSSR count). The molecule has 1 aliphatic carbocycles. The quantitative estimate of drug-likeness (QED) is 0.758. The Balaban J connectivity index is 1.47. The lowest BCUT2D eigenvalue weighted by atomic mass is 9.80. The Labute approximate surface area is 155 Å². The summed E-state index contributed by atoms with van der Waals surface area (Å²) in [6.07, 6.45) is 7.66. The molecule has 1 aromatic carbocycles. The van der Waals surface area contributed by atoms with Gasteiger partial charge in [-0.05, 0) is 43.9 Å². The van der Waals surface area contributed by atoms with E-state index in [0.717, 1.165) is 48.1 Å². The smallest absolute Gasteiger partial charge is 0.225 e. The van der Waals surface area contributed by atoms with Crippen LogP contribution in [-0.2, 0) is 4.79 Å². The molecule has 1 amide bonds. The molecule has 1 spiro atoms. The number of carbonyl (C=O) groups is 2. The first-order valence-electron chi connectivity index (χ1n) is 10.1. The monoisotopic (exact) mass is 355 g/mol. The molecule has 1 saturated carbocycles. The van der Waals surface area contributed by atoms with E-state index in [1.54, 1.807) is 0 Å². The first-order chi connectivity index (χ1) is 12.5. The van der Waals surface area contributed by atoms with Crippen molar-refractivity contribution in [3.63, 3.8) is 0 Å². The normalized spacial score (nSPS) is 22.8. The zero-order valence-electron chi connectivity index (χ0n) is 16.0. The van der Waals surface area contributed by atoms with Crippen LogP contribution >= 0.6 is 0 Å². The molecule has 0 N–H and O–H groups in total. The first kappa shape index (κ1) is 17.6. The van der Waals surface area contributed by atoms with Gasteiger partial charge in [0.05, 0.1) is 12.0 Å². The van der Waals surface area contributed by atoms with Crippen LogP contribution in [0.2, 0.25) is 0 Å². The van der Waals surface area contributed by atoms with Crippen molar-refractivity contribution in [2.24, 2.45) is 5.92 Å².